The number of carbonyl (C=O) groups is 1. The molecule has 1 fully saturated rings. The molecule has 0 aliphatic carbocycles. The lowest BCUT2D eigenvalue weighted by Gasteiger charge is -2.35. The van der Waals surface area contributed by atoms with Crippen molar-refractivity contribution in [3.05, 3.63) is 61.9 Å². The lowest BCUT2D eigenvalue weighted by Crippen LogP contribution is -2.49. The molecular weight excluding hydrogens is 470 g/mol. The average Bonchev–Trinajstić information content (AvgIpc) is 3.08. The fraction of sp³-hybridized carbons (Fsp3) is 0.250. The quantitative estimate of drug-likeness (QED) is 0.481. The number of pyridine rings is 1. The van der Waals surface area contributed by atoms with E-state index in [1.165, 1.54) is 0 Å². The van der Waals surface area contributed by atoms with Crippen molar-refractivity contribution in [1.29, 1.82) is 0 Å². The number of benzene rings is 1. The third-order valence-electron chi connectivity index (χ3n) is 4.93. The van der Waals surface area contributed by atoms with Crippen LogP contribution < -0.4 is 4.90 Å². The van der Waals surface area contributed by atoms with Gasteiger partial charge in [-0.25, -0.2) is 4.98 Å². The van der Waals surface area contributed by atoms with Crippen LogP contribution in [0, 0.1) is 6.92 Å². The van der Waals surface area contributed by atoms with Gasteiger partial charge in [0.2, 0.25) is 0 Å². The van der Waals surface area contributed by atoms with Crippen LogP contribution in [0.15, 0.2) is 35.0 Å². The second kappa shape index (κ2) is 8.63. The van der Waals surface area contributed by atoms with Crippen molar-refractivity contribution in [3.63, 3.8) is 0 Å². The van der Waals surface area contributed by atoms with Gasteiger partial charge < -0.3 is 14.3 Å². The van der Waals surface area contributed by atoms with E-state index in [1.54, 1.807) is 42.3 Å². The Morgan fingerprint density at radius 3 is 2.33 bits per heavy atom. The molecule has 1 saturated heterocycles. The van der Waals surface area contributed by atoms with Crippen LogP contribution >= 0.6 is 46.4 Å². The highest BCUT2D eigenvalue weighted by Crippen LogP contribution is 2.37. The summed E-state index contributed by atoms with van der Waals surface area (Å²) in [6, 6.07) is 6.78. The molecule has 156 valence electrons. The number of halogens is 4. The molecule has 0 spiro atoms. The summed E-state index contributed by atoms with van der Waals surface area (Å²) in [4.78, 5) is 21.4. The van der Waals surface area contributed by atoms with E-state index in [9.17, 15) is 4.79 Å². The third kappa shape index (κ3) is 3.97. The maximum absolute atomic E-state index is 13.3. The van der Waals surface area contributed by atoms with Crippen molar-refractivity contribution in [3.8, 4) is 11.3 Å². The molecule has 1 aliphatic heterocycles. The molecule has 30 heavy (non-hydrogen) atoms. The van der Waals surface area contributed by atoms with Gasteiger partial charge in [-0.1, -0.05) is 57.6 Å². The summed E-state index contributed by atoms with van der Waals surface area (Å²) >= 11 is 24.8. The van der Waals surface area contributed by atoms with Gasteiger partial charge in [-0.3, -0.25) is 4.79 Å². The first kappa shape index (κ1) is 21.2. The molecule has 1 aliphatic rings. The summed E-state index contributed by atoms with van der Waals surface area (Å²) in [7, 11) is 0. The van der Waals surface area contributed by atoms with E-state index < -0.39 is 0 Å². The van der Waals surface area contributed by atoms with E-state index in [4.69, 9.17) is 50.9 Å². The maximum Gasteiger partial charge on any atom is 0.259 e. The van der Waals surface area contributed by atoms with Crippen molar-refractivity contribution >= 4 is 58.1 Å². The first-order chi connectivity index (χ1) is 14.4. The molecule has 0 radical (unpaired) electrons. The van der Waals surface area contributed by atoms with Crippen molar-refractivity contribution in [1.82, 2.24) is 15.0 Å². The standard InChI is InChI=1S/C20H16Cl4N4O2/c1-11-16(18(26-30-11)17-13(22)3-2-4-14(17)23)20(29)28-7-5-27(6-8-28)19-15(24)9-12(21)10-25-19/h2-4,9-10H,5-8H2,1H3. The van der Waals surface area contributed by atoms with Crippen LogP contribution in [0.25, 0.3) is 11.3 Å². The van der Waals surface area contributed by atoms with Crippen molar-refractivity contribution in [2.75, 3.05) is 31.1 Å². The third-order valence-corrected chi connectivity index (χ3v) is 6.05. The number of anilines is 1. The van der Waals surface area contributed by atoms with Gasteiger partial charge in [-0.15, -0.1) is 0 Å². The van der Waals surface area contributed by atoms with Gasteiger partial charge in [0, 0.05) is 37.9 Å². The molecule has 1 aromatic carbocycles. The predicted octanol–water partition coefficient (Wildman–Crippen LogP) is 5.62. The molecule has 0 atom stereocenters. The van der Waals surface area contributed by atoms with Gasteiger partial charge >= 0.3 is 0 Å². The largest absolute Gasteiger partial charge is 0.360 e. The van der Waals surface area contributed by atoms with Crippen LogP contribution in [0.5, 0.6) is 0 Å². The van der Waals surface area contributed by atoms with Crippen molar-refractivity contribution in [2.45, 2.75) is 6.92 Å². The normalized spacial score (nSPS) is 14.3. The topological polar surface area (TPSA) is 62.5 Å². The minimum absolute atomic E-state index is 0.186. The highest BCUT2D eigenvalue weighted by Gasteiger charge is 2.30. The summed E-state index contributed by atoms with van der Waals surface area (Å²) in [6.45, 7) is 3.82. The molecule has 2 aromatic heterocycles. The molecule has 0 unspecified atom stereocenters. The Labute approximate surface area is 193 Å². The second-order valence-corrected chi connectivity index (χ2v) is 8.46. The Kier molecular flexibility index (Phi) is 6.11. The van der Waals surface area contributed by atoms with Crippen LogP contribution in [0.3, 0.4) is 0 Å². The molecule has 10 heteroatoms. The van der Waals surface area contributed by atoms with Gasteiger partial charge in [-0.05, 0) is 25.1 Å². The monoisotopic (exact) mass is 484 g/mol. The minimum Gasteiger partial charge on any atom is -0.360 e. The zero-order chi connectivity index (χ0) is 21.4. The zero-order valence-electron chi connectivity index (χ0n) is 15.8. The van der Waals surface area contributed by atoms with E-state index in [1.807, 2.05) is 4.90 Å². The molecule has 3 aromatic rings. The Bertz CT molecular complexity index is 1090. The fourth-order valence-corrected chi connectivity index (χ4v) is 4.51. The van der Waals surface area contributed by atoms with Crippen LogP contribution in [0.1, 0.15) is 16.1 Å². The summed E-state index contributed by atoms with van der Waals surface area (Å²) < 4.78 is 5.32. The lowest BCUT2D eigenvalue weighted by atomic mass is 10.0. The molecule has 0 saturated carbocycles. The molecular formula is C20H16Cl4N4O2. The summed E-state index contributed by atoms with van der Waals surface area (Å²) in [6.07, 6.45) is 1.56. The van der Waals surface area contributed by atoms with E-state index >= 15 is 0 Å². The van der Waals surface area contributed by atoms with Crippen molar-refractivity contribution < 1.29 is 9.32 Å². The van der Waals surface area contributed by atoms with Gasteiger partial charge in [0.25, 0.3) is 5.91 Å². The Morgan fingerprint density at radius 2 is 1.70 bits per heavy atom. The number of hydrogen-bond acceptors (Lipinski definition) is 5. The zero-order valence-corrected chi connectivity index (χ0v) is 18.9. The number of carbonyl (C=O) groups excluding carboxylic acids is 1. The number of rotatable bonds is 3. The highest BCUT2D eigenvalue weighted by molar-refractivity contribution is 6.39. The van der Waals surface area contributed by atoms with Gasteiger partial charge in [0.05, 0.1) is 20.1 Å². The maximum atomic E-state index is 13.3. The number of aryl methyl sites for hydroxylation is 1. The average molecular weight is 486 g/mol. The number of amides is 1. The van der Waals surface area contributed by atoms with Gasteiger partial charge in [0.15, 0.2) is 0 Å². The first-order valence-corrected chi connectivity index (χ1v) is 10.6. The second-order valence-electron chi connectivity index (χ2n) is 6.80. The van der Waals surface area contributed by atoms with E-state index in [-0.39, 0.29) is 5.91 Å². The van der Waals surface area contributed by atoms with E-state index in [0.29, 0.717) is 74.7 Å². The summed E-state index contributed by atoms with van der Waals surface area (Å²) in [5, 5.41) is 5.82. The molecule has 0 N–H and O–H groups in total. The number of aromatic nitrogens is 2. The molecule has 0 bridgehead atoms. The van der Waals surface area contributed by atoms with Crippen LogP contribution in [0.4, 0.5) is 5.82 Å². The Morgan fingerprint density at radius 1 is 1.03 bits per heavy atom. The smallest absolute Gasteiger partial charge is 0.259 e. The van der Waals surface area contributed by atoms with Crippen LogP contribution in [0.2, 0.25) is 20.1 Å². The minimum atomic E-state index is -0.186. The molecule has 6 nitrogen and oxygen atoms in total. The van der Waals surface area contributed by atoms with E-state index in [0.717, 1.165) is 0 Å². The Hall–Kier alpha value is -1.99. The number of piperazine rings is 1. The summed E-state index contributed by atoms with van der Waals surface area (Å²) in [5.41, 5.74) is 1.19. The van der Waals surface area contributed by atoms with Gasteiger partial charge in [0.1, 0.15) is 22.8 Å². The highest BCUT2D eigenvalue weighted by atomic mass is 35.5. The number of hydrogen-bond donors (Lipinski definition) is 0. The molecule has 1 amide bonds. The SMILES string of the molecule is Cc1onc(-c2c(Cl)cccc2Cl)c1C(=O)N1CCN(c2ncc(Cl)cc2Cl)CC1. The summed E-state index contributed by atoms with van der Waals surface area (Å²) in [5.74, 6) is 0.878. The van der Waals surface area contributed by atoms with E-state index in [2.05, 4.69) is 10.1 Å². The van der Waals surface area contributed by atoms with Crippen LogP contribution in [-0.2, 0) is 0 Å². The molecule has 4 rings (SSSR count). The Balaban J connectivity index is 1.56. The lowest BCUT2D eigenvalue weighted by molar-refractivity contribution is 0.0745. The van der Waals surface area contributed by atoms with Crippen molar-refractivity contribution in [2.24, 2.45) is 0 Å². The molecule has 3 heterocycles. The first-order valence-electron chi connectivity index (χ1n) is 9.12. The van der Waals surface area contributed by atoms with Crippen LogP contribution in [-0.4, -0.2) is 47.1 Å². The van der Waals surface area contributed by atoms with Gasteiger partial charge in [-0.2, -0.15) is 0 Å². The number of nitrogens with zero attached hydrogens (tertiary/aromatic N) is 4. The fourth-order valence-electron chi connectivity index (χ4n) is 3.44. The predicted molar refractivity (Wildman–Crippen MR) is 119 cm³/mol.